The number of amides is 6. The third kappa shape index (κ3) is 10.2. The first-order valence-corrected chi connectivity index (χ1v) is 10.5. The van der Waals surface area contributed by atoms with E-state index in [0.29, 0.717) is 25.8 Å². The molecule has 1 rings (SSSR count). The molecule has 186 valence electrons. The van der Waals surface area contributed by atoms with Crippen molar-refractivity contribution in [2.45, 2.75) is 44.2 Å². The number of ether oxygens (including phenoxy) is 2. The Balaban J connectivity index is 2.32. The molecular weight excluding hydrogens is 440 g/mol. The molecule has 6 N–H and O–H groups in total. The van der Waals surface area contributed by atoms with Crippen molar-refractivity contribution in [2.24, 2.45) is 5.73 Å². The summed E-state index contributed by atoms with van der Waals surface area (Å²) >= 11 is 0. The lowest BCUT2D eigenvalue weighted by molar-refractivity contribution is -0.139. The topological polar surface area (TPSA) is 198 Å². The molecular formula is C19H32N6O8. The van der Waals surface area contributed by atoms with E-state index in [1.807, 2.05) is 0 Å². The molecule has 0 saturated carbocycles. The van der Waals surface area contributed by atoms with E-state index in [1.165, 1.54) is 14.2 Å². The summed E-state index contributed by atoms with van der Waals surface area (Å²) < 4.78 is 8.99. The van der Waals surface area contributed by atoms with Gasteiger partial charge in [0, 0.05) is 32.6 Å². The molecule has 6 amide bonds. The molecule has 1 fully saturated rings. The van der Waals surface area contributed by atoms with Gasteiger partial charge in [0.2, 0.25) is 23.6 Å². The van der Waals surface area contributed by atoms with E-state index in [4.69, 9.17) is 5.73 Å². The van der Waals surface area contributed by atoms with Crippen molar-refractivity contribution in [1.29, 1.82) is 0 Å². The minimum atomic E-state index is -0.859. The Hall–Kier alpha value is -3.42. The van der Waals surface area contributed by atoms with Crippen LogP contribution in [-0.4, -0.2) is 93.2 Å². The number of carbonyl (C=O) groups is 6. The summed E-state index contributed by atoms with van der Waals surface area (Å²) in [5.74, 6) is -1.76. The van der Waals surface area contributed by atoms with Gasteiger partial charge in [-0.05, 0) is 19.3 Å². The second-order valence-electron chi connectivity index (χ2n) is 7.19. The molecule has 0 bridgehead atoms. The Morgan fingerprint density at radius 3 is 2.27 bits per heavy atom. The first-order valence-electron chi connectivity index (χ1n) is 10.5. The summed E-state index contributed by atoms with van der Waals surface area (Å²) in [6.45, 7) is 0.506. The van der Waals surface area contributed by atoms with E-state index in [2.05, 4.69) is 30.7 Å². The number of hydrogen-bond donors (Lipinski definition) is 5. The standard InChI is InChI=1S/C19H32N6O8/c1-32-18(30)23-7-4-3-5-13(24-19(31)33-2)16(28)22-9-8-21-14(26)6-10-25-15(27)11-12(20)17(25)29/h12-13H,3-11,20H2,1-2H3,(H,21,26)(H,22,28)(H,23,30)(H,24,31). The first kappa shape index (κ1) is 27.6. The smallest absolute Gasteiger partial charge is 0.407 e. The van der Waals surface area contributed by atoms with E-state index in [-0.39, 0.29) is 32.5 Å². The van der Waals surface area contributed by atoms with Crippen LogP contribution in [0.5, 0.6) is 0 Å². The van der Waals surface area contributed by atoms with E-state index < -0.39 is 47.9 Å². The maximum absolute atomic E-state index is 12.4. The highest BCUT2D eigenvalue weighted by atomic mass is 16.5. The van der Waals surface area contributed by atoms with E-state index in [9.17, 15) is 28.8 Å². The van der Waals surface area contributed by atoms with Gasteiger partial charge in [-0.15, -0.1) is 0 Å². The molecule has 0 radical (unpaired) electrons. The lowest BCUT2D eigenvalue weighted by Gasteiger charge is -2.18. The lowest BCUT2D eigenvalue weighted by atomic mass is 10.1. The minimum Gasteiger partial charge on any atom is -0.453 e. The molecule has 1 saturated heterocycles. The molecule has 33 heavy (non-hydrogen) atoms. The SMILES string of the molecule is COC(=O)NCCCCC(NC(=O)OC)C(=O)NCCNC(=O)CCN1C(=O)CC(N)C1=O. The summed E-state index contributed by atoms with van der Waals surface area (Å²) in [5.41, 5.74) is 5.51. The zero-order chi connectivity index (χ0) is 24.8. The summed E-state index contributed by atoms with van der Waals surface area (Å²) in [5, 5.41) is 10.1. The van der Waals surface area contributed by atoms with Crippen LogP contribution in [0, 0.1) is 0 Å². The molecule has 1 heterocycles. The number of alkyl carbamates (subject to hydrolysis) is 2. The van der Waals surface area contributed by atoms with Gasteiger partial charge in [0.25, 0.3) is 0 Å². The van der Waals surface area contributed by atoms with Crippen molar-refractivity contribution in [3.63, 3.8) is 0 Å². The van der Waals surface area contributed by atoms with Crippen LogP contribution >= 0.6 is 0 Å². The fourth-order valence-corrected chi connectivity index (χ4v) is 2.96. The molecule has 2 unspecified atom stereocenters. The second kappa shape index (κ2) is 14.6. The quantitative estimate of drug-likeness (QED) is 0.148. The Morgan fingerprint density at radius 2 is 1.67 bits per heavy atom. The van der Waals surface area contributed by atoms with Crippen LogP contribution < -0.4 is 27.0 Å². The lowest BCUT2D eigenvalue weighted by Crippen LogP contribution is -2.48. The number of hydrogen-bond acceptors (Lipinski definition) is 9. The molecule has 0 spiro atoms. The van der Waals surface area contributed by atoms with Crippen LogP contribution in [-0.2, 0) is 28.7 Å². The predicted molar refractivity (Wildman–Crippen MR) is 114 cm³/mol. The Kier molecular flexibility index (Phi) is 12.2. The van der Waals surface area contributed by atoms with Gasteiger partial charge in [-0.2, -0.15) is 0 Å². The number of unbranched alkanes of at least 4 members (excludes halogenated alkanes) is 1. The third-order valence-electron chi connectivity index (χ3n) is 4.76. The highest BCUT2D eigenvalue weighted by Crippen LogP contribution is 2.11. The molecule has 0 aliphatic carbocycles. The average molecular weight is 472 g/mol. The van der Waals surface area contributed by atoms with E-state index >= 15 is 0 Å². The number of nitrogens with zero attached hydrogens (tertiary/aromatic N) is 1. The van der Waals surface area contributed by atoms with Crippen molar-refractivity contribution in [3.8, 4) is 0 Å². The summed E-state index contributed by atoms with van der Waals surface area (Å²) in [7, 11) is 2.43. The van der Waals surface area contributed by atoms with Gasteiger partial charge < -0.3 is 36.5 Å². The minimum absolute atomic E-state index is 0.0560. The van der Waals surface area contributed by atoms with Gasteiger partial charge in [0.1, 0.15) is 6.04 Å². The van der Waals surface area contributed by atoms with Crippen LogP contribution in [0.25, 0.3) is 0 Å². The maximum Gasteiger partial charge on any atom is 0.407 e. The van der Waals surface area contributed by atoms with E-state index in [1.54, 1.807) is 0 Å². The highest BCUT2D eigenvalue weighted by Gasteiger charge is 2.35. The number of carbonyl (C=O) groups excluding carboxylic acids is 6. The van der Waals surface area contributed by atoms with E-state index in [0.717, 1.165) is 4.90 Å². The van der Waals surface area contributed by atoms with Crippen LogP contribution in [0.3, 0.4) is 0 Å². The van der Waals surface area contributed by atoms with Crippen molar-refractivity contribution in [1.82, 2.24) is 26.2 Å². The molecule has 0 aromatic carbocycles. The van der Waals surface area contributed by atoms with Crippen molar-refractivity contribution in [2.75, 3.05) is 40.4 Å². The number of nitrogens with two attached hydrogens (primary N) is 1. The monoisotopic (exact) mass is 472 g/mol. The fourth-order valence-electron chi connectivity index (χ4n) is 2.96. The Bertz CT molecular complexity index is 731. The first-order chi connectivity index (χ1) is 15.7. The van der Waals surface area contributed by atoms with Gasteiger partial charge in [0.05, 0.1) is 26.7 Å². The number of imide groups is 1. The fraction of sp³-hybridized carbons (Fsp3) is 0.684. The van der Waals surface area contributed by atoms with Gasteiger partial charge >= 0.3 is 12.2 Å². The van der Waals surface area contributed by atoms with Crippen molar-refractivity contribution < 1.29 is 38.2 Å². The number of methoxy groups -OCH3 is 2. The molecule has 0 aromatic rings. The highest BCUT2D eigenvalue weighted by molar-refractivity contribution is 6.05. The Morgan fingerprint density at radius 1 is 1.00 bits per heavy atom. The molecule has 1 aliphatic heterocycles. The summed E-state index contributed by atoms with van der Waals surface area (Å²) in [6.07, 6.45) is -0.0660. The molecule has 14 nitrogen and oxygen atoms in total. The average Bonchev–Trinajstić information content (AvgIpc) is 3.04. The number of rotatable bonds is 13. The third-order valence-corrected chi connectivity index (χ3v) is 4.76. The van der Waals surface area contributed by atoms with Crippen LogP contribution in [0.4, 0.5) is 9.59 Å². The number of likely N-dealkylation sites (tertiary alicyclic amines) is 1. The van der Waals surface area contributed by atoms with Gasteiger partial charge in [-0.3, -0.25) is 24.1 Å². The van der Waals surface area contributed by atoms with Crippen molar-refractivity contribution >= 4 is 35.8 Å². The van der Waals surface area contributed by atoms with Crippen LogP contribution in [0.1, 0.15) is 32.1 Å². The molecule has 1 aliphatic rings. The molecule has 2 atom stereocenters. The van der Waals surface area contributed by atoms with Gasteiger partial charge in [-0.25, -0.2) is 9.59 Å². The molecule has 14 heteroatoms. The largest absolute Gasteiger partial charge is 0.453 e. The van der Waals surface area contributed by atoms with Crippen LogP contribution in [0.15, 0.2) is 0 Å². The normalized spacial score (nSPS) is 16.1. The zero-order valence-corrected chi connectivity index (χ0v) is 18.8. The molecule has 0 aromatic heterocycles. The predicted octanol–water partition coefficient (Wildman–Crippen LogP) is -2.05. The van der Waals surface area contributed by atoms with Gasteiger partial charge in [0.15, 0.2) is 0 Å². The van der Waals surface area contributed by atoms with Crippen LogP contribution in [0.2, 0.25) is 0 Å². The number of nitrogens with one attached hydrogen (secondary N) is 4. The second-order valence-corrected chi connectivity index (χ2v) is 7.19. The summed E-state index contributed by atoms with van der Waals surface area (Å²) in [6, 6.07) is -1.71. The zero-order valence-electron chi connectivity index (χ0n) is 18.8. The Labute approximate surface area is 191 Å². The van der Waals surface area contributed by atoms with Crippen molar-refractivity contribution in [3.05, 3.63) is 0 Å². The summed E-state index contributed by atoms with van der Waals surface area (Å²) in [4.78, 5) is 71.1. The maximum atomic E-state index is 12.4. The van der Waals surface area contributed by atoms with Gasteiger partial charge in [-0.1, -0.05) is 0 Å².